The molecule has 0 atom stereocenters. The summed E-state index contributed by atoms with van der Waals surface area (Å²) in [6.45, 7) is 2.52. The maximum atomic E-state index is 11.5. The number of ether oxygens (including phenoxy) is 1. The van der Waals surface area contributed by atoms with E-state index in [1.807, 2.05) is 31.2 Å². The summed E-state index contributed by atoms with van der Waals surface area (Å²) in [4.78, 5) is 16.5. The molecule has 0 aliphatic rings. The summed E-state index contributed by atoms with van der Waals surface area (Å²) in [5.41, 5.74) is 1.52. The van der Waals surface area contributed by atoms with Crippen LogP contribution in [0.25, 0.3) is 0 Å². The SMILES string of the molecule is COC(=O)c1nc(NCc2cccc(Br)c2)sc1C. The zero-order valence-electron chi connectivity index (χ0n) is 10.6. The molecule has 0 saturated heterocycles. The Labute approximate surface area is 124 Å². The van der Waals surface area contributed by atoms with E-state index in [1.54, 1.807) is 0 Å². The van der Waals surface area contributed by atoms with Crippen molar-refractivity contribution in [3.8, 4) is 0 Å². The van der Waals surface area contributed by atoms with Crippen LogP contribution in [-0.2, 0) is 11.3 Å². The van der Waals surface area contributed by atoms with Gasteiger partial charge in [0, 0.05) is 15.9 Å². The number of rotatable bonds is 4. The number of hydrogen-bond donors (Lipinski definition) is 1. The van der Waals surface area contributed by atoms with Crippen LogP contribution in [0.15, 0.2) is 28.7 Å². The van der Waals surface area contributed by atoms with E-state index in [-0.39, 0.29) is 0 Å². The zero-order valence-corrected chi connectivity index (χ0v) is 13.0. The summed E-state index contributed by atoms with van der Waals surface area (Å²) in [6.07, 6.45) is 0. The lowest BCUT2D eigenvalue weighted by Gasteiger charge is -2.03. The van der Waals surface area contributed by atoms with Crippen molar-refractivity contribution < 1.29 is 9.53 Å². The molecule has 1 N–H and O–H groups in total. The molecule has 1 aromatic carbocycles. The Morgan fingerprint density at radius 3 is 3.00 bits per heavy atom. The number of nitrogens with one attached hydrogen (secondary N) is 1. The molecular weight excluding hydrogens is 328 g/mol. The minimum atomic E-state index is -0.399. The molecule has 0 amide bonds. The van der Waals surface area contributed by atoms with Crippen LogP contribution >= 0.6 is 27.3 Å². The largest absolute Gasteiger partial charge is 0.464 e. The molecule has 0 bridgehead atoms. The van der Waals surface area contributed by atoms with Crippen molar-refractivity contribution >= 4 is 38.4 Å². The van der Waals surface area contributed by atoms with Gasteiger partial charge in [-0.3, -0.25) is 0 Å². The first-order valence-corrected chi connectivity index (χ1v) is 7.25. The molecule has 0 radical (unpaired) electrons. The van der Waals surface area contributed by atoms with Crippen LogP contribution in [0.1, 0.15) is 20.9 Å². The number of esters is 1. The number of nitrogens with zero attached hydrogens (tertiary/aromatic N) is 1. The van der Waals surface area contributed by atoms with E-state index in [0.29, 0.717) is 12.2 Å². The number of carbonyl (C=O) groups is 1. The number of halogens is 1. The second kappa shape index (κ2) is 6.16. The molecule has 0 saturated carbocycles. The Morgan fingerprint density at radius 1 is 1.53 bits per heavy atom. The molecule has 6 heteroatoms. The number of thiazole rings is 1. The maximum absolute atomic E-state index is 11.5. The van der Waals surface area contributed by atoms with Crippen molar-refractivity contribution in [3.63, 3.8) is 0 Å². The number of aromatic nitrogens is 1. The average Bonchev–Trinajstić information content (AvgIpc) is 2.77. The molecule has 2 aromatic rings. The van der Waals surface area contributed by atoms with E-state index >= 15 is 0 Å². The van der Waals surface area contributed by atoms with Gasteiger partial charge >= 0.3 is 5.97 Å². The lowest BCUT2D eigenvalue weighted by Crippen LogP contribution is -2.04. The van der Waals surface area contributed by atoms with Gasteiger partial charge in [0.05, 0.1) is 7.11 Å². The third-order valence-electron chi connectivity index (χ3n) is 2.51. The van der Waals surface area contributed by atoms with Gasteiger partial charge < -0.3 is 10.1 Å². The van der Waals surface area contributed by atoms with Gasteiger partial charge in [-0.2, -0.15) is 0 Å². The fourth-order valence-electron chi connectivity index (χ4n) is 1.58. The van der Waals surface area contributed by atoms with Crippen LogP contribution in [0.3, 0.4) is 0 Å². The normalized spacial score (nSPS) is 10.3. The fourth-order valence-corrected chi connectivity index (χ4v) is 2.83. The van der Waals surface area contributed by atoms with E-state index < -0.39 is 5.97 Å². The van der Waals surface area contributed by atoms with Crippen molar-refractivity contribution in [1.29, 1.82) is 0 Å². The Balaban J connectivity index is 2.06. The Bertz CT molecular complexity index is 598. The first-order chi connectivity index (χ1) is 9.10. The molecule has 4 nitrogen and oxygen atoms in total. The minimum absolute atomic E-state index is 0.379. The monoisotopic (exact) mass is 340 g/mol. The molecule has 1 heterocycles. The Kier molecular flexibility index (Phi) is 4.55. The second-order valence-electron chi connectivity index (χ2n) is 3.90. The molecule has 0 fully saturated rings. The van der Waals surface area contributed by atoms with E-state index in [9.17, 15) is 4.79 Å². The van der Waals surface area contributed by atoms with E-state index in [4.69, 9.17) is 0 Å². The molecule has 1 aromatic heterocycles. The van der Waals surface area contributed by atoms with Gasteiger partial charge in [0.1, 0.15) is 0 Å². The van der Waals surface area contributed by atoms with Gasteiger partial charge in [0.15, 0.2) is 10.8 Å². The number of hydrogen-bond acceptors (Lipinski definition) is 5. The highest BCUT2D eigenvalue weighted by Gasteiger charge is 2.15. The van der Waals surface area contributed by atoms with Gasteiger partial charge in [-0.05, 0) is 24.6 Å². The standard InChI is InChI=1S/C13H13BrN2O2S/c1-8-11(12(17)18-2)16-13(19-8)15-7-9-4-3-5-10(14)6-9/h3-6H,7H2,1-2H3,(H,15,16). The summed E-state index contributed by atoms with van der Waals surface area (Å²) in [6, 6.07) is 8.02. The lowest BCUT2D eigenvalue weighted by atomic mass is 10.2. The van der Waals surface area contributed by atoms with Crippen LogP contribution in [-0.4, -0.2) is 18.1 Å². The third-order valence-corrected chi connectivity index (χ3v) is 3.93. The zero-order chi connectivity index (χ0) is 13.8. The molecule has 100 valence electrons. The quantitative estimate of drug-likeness (QED) is 0.863. The average molecular weight is 341 g/mol. The van der Waals surface area contributed by atoms with Gasteiger partial charge in [0.2, 0.25) is 0 Å². The summed E-state index contributed by atoms with van der Waals surface area (Å²) >= 11 is 4.88. The molecule has 19 heavy (non-hydrogen) atoms. The van der Waals surface area contributed by atoms with E-state index in [2.05, 4.69) is 31.0 Å². The van der Waals surface area contributed by atoms with Crippen molar-refractivity contribution in [2.45, 2.75) is 13.5 Å². The Hall–Kier alpha value is -1.40. The third kappa shape index (κ3) is 3.54. The van der Waals surface area contributed by atoms with Crippen LogP contribution in [0.4, 0.5) is 5.13 Å². The number of benzene rings is 1. The molecule has 0 aliphatic carbocycles. The number of anilines is 1. The van der Waals surface area contributed by atoms with E-state index in [1.165, 1.54) is 18.4 Å². The molecule has 0 aliphatic heterocycles. The van der Waals surface area contributed by atoms with Crippen molar-refractivity contribution in [2.24, 2.45) is 0 Å². The van der Waals surface area contributed by atoms with Crippen LogP contribution in [0.2, 0.25) is 0 Å². The summed E-state index contributed by atoms with van der Waals surface area (Å²) in [7, 11) is 1.36. The molecule has 0 unspecified atom stereocenters. The van der Waals surface area contributed by atoms with Crippen LogP contribution < -0.4 is 5.32 Å². The Morgan fingerprint density at radius 2 is 2.32 bits per heavy atom. The number of methoxy groups -OCH3 is 1. The summed E-state index contributed by atoms with van der Waals surface area (Å²) < 4.78 is 5.72. The van der Waals surface area contributed by atoms with Crippen LogP contribution in [0, 0.1) is 6.92 Å². The van der Waals surface area contributed by atoms with Crippen molar-refractivity contribution in [2.75, 3.05) is 12.4 Å². The fraction of sp³-hybridized carbons (Fsp3) is 0.231. The van der Waals surface area contributed by atoms with Crippen LogP contribution in [0.5, 0.6) is 0 Å². The second-order valence-corrected chi connectivity index (χ2v) is 6.02. The number of carbonyl (C=O) groups excluding carboxylic acids is 1. The predicted octanol–water partition coefficient (Wildman–Crippen LogP) is 3.61. The summed E-state index contributed by atoms with van der Waals surface area (Å²) in [5.74, 6) is -0.399. The molecule has 0 spiro atoms. The lowest BCUT2D eigenvalue weighted by molar-refractivity contribution is 0.0594. The first kappa shape index (κ1) is 14.0. The predicted molar refractivity (Wildman–Crippen MR) is 79.7 cm³/mol. The highest BCUT2D eigenvalue weighted by atomic mass is 79.9. The molecule has 2 rings (SSSR count). The van der Waals surface area contributed by atoms with Gasteiger partial charge in [-0.15, -0.1) is 11.3 Å². The highest BCUT2D eigenvalue weighted by molar-refractivity contribution is 9.10. The van der Waals surface area contributed by atoms with Crippen molar-refractivity contribution in [3.05, 3.63) is 44.9 Å². The van der Waals surface area contributed by atoms with Gasteiger partial charge in [-0.25, -0.2) is 9.78 Å². The number of aryl methyl sites for hydroxylation is 1. The first-order valence-electron chi connectivity index (χ1n) is 5.64. The van der Waals surface area contributed by atoms with Gasteiger partial charge in [-0.1, -0.05) is 28.1 Å². The van der Waals surface area contributed by atoms with Gasteiger partial charge in [0.25, 0.3) is 0 Å². The maximum Gasteiger partial charge on any atom is 0.357 e. The molecular formula is C13H13BrN2O2S. The van der Waals surface area contributed by atoms with E-state index in [0.717, 1.165) is 20.0 Å². The smallest absolute Gasteiger partial charge is 0.357 e. The van der Waals surface area contributed by atoms with Crippen molar-refractivity contribution in [1.82, 2.24) is 4.98 Å². The highest BCUT2D eigenvalue weighted by Crippen LogP contribution is 2.23. The summed E-state index contributed by atoms with van der Waals surface area (Å²) in [5, 5.41) is 3.93. The minimum Gasteiger partial charge on any atom is -0.464 e. The topological polar surface area (TPSA) is 51.2 Å².